The molecule has 0 fully saturated rings. The van der Waals surface area contributed by atoms with Gasteiger partial charge in [-0.05, 0) is 31.2 Å². The van der Waals surface area contributed by atoms with Gasteiger partial charge in [-0.3, -0.25) is 4.79 Å². The van der Waals surface area contributed by atoms with Crippen LogP contribution in [0.15, 0.2) is 33.9 Å². The van der Waals surface area contributed by atoms with Crippen LogP contribution in [0, 0.1) is 0 Å². The molecular weight excluding hydrogens is 288 g/mol. The van der Waals surface area contributed by atoms with Crippen LogP contribution in [-0.4, -0.2) is 28.5 Å². The molecule has 0 N–H and O–H groups in total. The fourth-order valence-electron chi connectivity index (χ4n) is 1.30. The van der Waals surface area contributed by atoms with E-state index in [0.717, 1.165) is 17.3 Å². The maximum atomic E-state index is 11.2. The van der Waals surface area contributed by atoms with E-state index in [4.69, 9.17) is 20.8 Å². The van der Waals surface area contributed by atoms with E-state index in [2.05, 4.69) is 10.2 Å². The van der Waals surface area contributed by atoms with Crippen LogP contribution in [0.4, 0.5) is 0 Å². The van der Waals surface area contributed by atoms with Gasteiger partial charge in [0.05, 0.1) is 6.61 Å². The van der Waals surface area contributed by atoms with Gasteiger partial charge in [-0.25, -0.2) is 0 Å². The highest BCUT2D eigenvalue weighted by molar-refractivity contribution is 7.99. The van der Waals surface area contributed by atoms with Gasteiger partial charge in [0, 0.05) is 10.6 Å². The van der Waals surface area contributed by atoms with E-state index in [9.17, 15) is 4.79 Å². The van der Waals surface area contributed by atoms with E-state index in [1.54, 1.807) is 31.2 Å². The molecule has 0 bridgehead atoms. The molecule has 2 rings (SSSR count). The molecule has 1 aromatic heterocycles. The Morgan fingerprint density at radius 2 is 2.11 bits per heavy atom. The van der Waals surface area contributed by atoms with Crippen molar-refractivity contribution in [3.8, 4) is 11.5 Å². The number of hydrogen-bond donors (Lipinski definition) is 0. The van der Waals surface area contributed by atoms with Crippen molar-refractivity contribution in [3.63, 3.8) is 0 Å². The van der Waals surface area contributed by atoms with Crippen molar-refractivity contribution in [2.24, 2.45) is 0 Å². The zero-order valence-corrected chi connectivity index (χ0v) is 11.7. The molecule has 0 radical (unpaired) electrons. The summed E-state index contributed by atoms with van der Waals surface area (Å²) in [7, 11) is 0. The van der Waals surface area contributed by atoms with E-state index in [1.165, 1.54) is 0 Å². The number of hydrogen-bond acceptors (Lipinski definition) is 6. The monoisotopic (exact) mass is 298 g/mol. The van der Waals surface area contributed by atoms with Gasteiger partial charge < -0.3 is 9.15 Å². The third-order valence-corrected chi connectivity index (χ3v) is 3.16. The third-order valence-electron chi connectivity index (χ3n) is 2.12. The molecule has 0 spiro atoms. The highest BCUT2D eigenvalue weighted by atomic mass is 35.5. The molecule has 0 saturated carbocycles. The molecule has 0 saturated heterocycles. The van der Waals surface area contributed by atoms with Crippen molar-refractivity contribution in [1.82, 2.24) is 10.2 Å². The lowest BCUT2D eigenvalue weighted by molar-refractivity contribution is -0.139. The molecule has 100 valence electrons. The van der Waals surface area contributed by atoms with Crippen molar-refractivity contribution >= 4 is 29.3 Å². The standard InChI is InChI=1S/C12H11ClN2O3S/c1-2-17-10(16)7-19-12-15-14-11(18-12)8-3-5-9(13)6-4-8/h3-6H,2,7H2,1H3. The van der Waals surface area contributed by atoms with Crippen LogP contribution in [0.2, 0.25) is 5.02 Å². The molecule has 19 heavy (non-hydrogen) atoms. The zero-order valence-electron chi connectivity index (χ0n) is 10.1. The van der Waals surface area contributed by atoms with Crippen LogP contribution < -0.4 is 0 Å². The number of aromatic nitrogens is 2. The minimum Gasteiger partial charge on any atom is -0.465 e. The second-order valence-electron chi connectivity index (χ2n) is 3.47. The number of esters is 1. The predicted molar refractivity (Wildman–Crippen MR) is 72.1 cm³/mol. The maximum Gasteiger partial charge on any atom is 0.316 e. The Morgan fingerprint density at radius 1 is 1.37 bits per heavy atom. The number of thioether (sulfide) groups is 1. The molecule has 2 aromatic rings. The van der Waals surface area contributed by atoms with Gasteiger partial charge >= 0.3 is 5.97 Å². The van der Waals surface area contributed by atoms with Crippen molar-refractivity contribution in [3.05, 3.63) is 29.3 Å². The first-order chi connectivity index (χ1) is 9.19. The molecule has 5 nitrogen and oxygen atoms in total. The summed E-state index contributed by atoms with van der Waals surface area (Å²) in [5.41, 5.74) is 0.778. The van der Waals surface area contributed by atoms with Crippen LogP contribution in [0.3, 0.4) is 0 Å². The summed E-state index contributed by atoms with van der Waals surface area (Å²) in [4.78, 5) is 11.2. The van der Waals surface area contributed by atoms with Gasteiger partial charge in [0.1, 0.15) is 5.75 Å². The Bertz CT molecular complexity index is 556. The van der Waals surface area contributed by atoms with Crippen molar-refractivity contribution in [1.29, 1.82) is 0 Å². The molecule has 1 heterocycles. The van der Waals surface area contributed by atoms with E-state index < -0.39 is 0 Å². The molecule has 0 aliphatic rings. The Labute approximate surface area is 119 Å². The fraction of sp³-hybridized carbons (Fsp3) is 0.250. The second-order valence-corrected chi connectivity index (χ2v) is 4.84. The predicted octanol–water partition coefficient (Wildman–Crippen LogP) is 3.05. The quantitative estimate of drug-likeness (QED) is 0.624. The first kappa shape index (κ1) is 13.9. The molecule has 0 unspecified atom stereocenters. The van der Waals surface area contributed by atoms with Crippen LogP contribution in [-0.2, 0) is 9.53 Å². The highest BCUT2D eigenvalue weighted by Gasteiger charge is 2.11. The molecular formula is C12H11ClN2O3S. The summed E-state index contributed by atoms with van der Waals surface area (Å²) in [6, 6.07) is 7.06. The molecule has 7 heteroatoms. The summed E-state index contributed by atoms with van der Waals surface area (Å²) >= 11 is 6.94. The zero-order chi connectivity index (χ0) is 13.7. The second kappa shape index (κ2) is 6.58. The normalized spacial score (nSPS) is 10.4. The number of ether oxygens (including phenoxy) is 1. The first-order valence-electron chi connectivity index (χ1n) is 5.57. The van der Waals surface area contributed by atoms with E-state index in [-0.39, 0.29) is 11.7 Å². The van der Waals surface area contributed by atoms with Gasteiger partial charge in [0.25, 0.3) is 5.22 Å². The average molecular weight is 299 g/mol. The summed E-state index contributed by atoms with van der Waals surface area (Å²) in [5.74, 6) is 0.234. The first-order valence-corrected chi connectivity index (χ1v) is 6.93. The highest BCUT2D eigenvalue weighted by Crippen LogP contribution is 2.24. The largest absolute Gasteiger partial charge is 0.465 e. The lowest BCUT2D eigenvalue weighted by atomic mass is 10.2. The minimum absolute atomic E-state index is 0.149. The van der Waals surface area contributed by atoms with Gasteiger partial charge in [0.2, 0.25) is 5.89 Å². The summed E-state index contributed by atoms with van der Waals surface area (Å²) in [6.07, 6.45) is 0. The van der Waals surface area contributed by atoms with Crippen molar-refractivity contribution in [2.45, 2.75) is 12.1 Å². The third kappa shape index (κ3) is 3.97. The topological polar surface area (TPSA) is 65.2 Å². The fourth-order valence-corrected chi connectivity index (χ4v) is 1.99. The minimum atomic E-state index is -0.307. The molecule has 0 aliphatic carbocycles. The van der Waals surface area contributed by atoms with Gasteiger partial charge in [-0.1, -0.05) is 23.4 Å². The van der Waals surface area contributed by atoms with E-state index >= 15 is 0 Å². The van der Waals surface area contributed by atoms with Gasteiger partial charge in [-0.2, -0.15) is 0 Å². The van der Waals surface area contributed by atoms with Crippen LogP contribution in [0.1, 0.15) is 6.92 Å². The Balaban J connectivity index is 1.99. The number of nitrogens with zero attached hydrogens (tertiary/aromatic N) is 2. The summed E-state index contributed by atoms with van der Waals surface area (Å²) < 4.78 is 10.2. The maximum absolute atomic E-state index is 11.2. The molecule has 0 aliphatic heterocycles. The van der Waals surface area contributed by atoms with Crippen molar-refractivity contribution < 1.29 is 13.9 Å². The number of carbonyl (C=O) groups excluding carboxylic acids is 1. The van der Waals surface area contributed by atoms with E-state index in [0.29, 0.717) is 22.7 Å². The van der Waals surface area contributed by atoms with Crippen LogP contribution >= 0.6 is 23.4 Å². The number of rotatable bonds is 5. The number of benzene rings is 1. The summed E-state index contributed by atoms with van der Waals surface area (Å²) in [6.45, 7) is 2.12. The average Bonchev–Trinajstić information content (AvgIpc) is 2.86. The van der Waals surface area contributed by atoms with Crippen molar-refractivity contribution in [2.75, 3.05) is 12.4 Å². The smallest absolute Gasteiger partial charge is 0.316 e. The van der Waals surface area contributed by atoms with E-state index in [1.807, 2.05) is 0 Å². The molecule has 0 amide bonds. The van der Waals surface area contributed by atoms with Gasteiger partial charge in [0.15, 0.2) is 0 Å². The Morgan fingerprint density at radius 3 is 2.79 bits per heavy atom. The van der Waals surface area contributed by atoms with Gasteiger partial charge in [-0.15, -0.1) is 10.2 Å². The Hall–Kier alpha value is -1.53. The Kier molecular flexibility index (Phi) is 4.81. The molecule has 0 atom stereocenters. The number of halogens is 1. The number of carbonyl (C=O) groups is 1. The summed E-state index contributed by atoms with van der Waals surface area (Å²) in [5, 5.41) is 8.73. The lowest BCUT2D eigenvalue weighted by Crippen LogP contribution is -2.06. The van der Waals surface area contributed by atoms with Crippen LogP contribution in [0.5, 0.6) is 0 Å². The molecule has 1 aromatic carbocycles. The lowest BCUT2D eigenvalue weighted by Gasteiger charge is -1.98. The van der Waals surface area contributed by atoms with Crippen LogP contribution in [0.25, 0.3) is 11.5 Å². The SMILES string of the molecule is CCOC(=O)CSc1nnc(-c2ccc(Cl)cc2)o1.